The van der Waals surface area contributed by atoms with Gasteiger partial charge in [0.1, 0.15) is 12.9 Å². The average Bonchev–Trinajstić information content (AvgIpc) is 2.50. The van der Waals surface area contributed by atoms with Crippen LogP contribution in [0.25, 0.3) is 0 Å². The topological polar surface area (TPSA) is 53.7 Å². The smallest absolute Gasteiger partial charge is 0.147 e. The summed E-state index contributed by atoms with van der Waals surface area (Å²) in [5.74, 6) is 0. The molecular formula is C7H15NO3. The van der Waals surface area contributed by atoms with E-state index in [1.54, 1.807) is 0 Å². The summed E-state index contributed by atoms with van der Waals surface area (Å²) >= 11 is 0. The lowest BCUT2D eigenvalue weighted by Gasteiger charge is -2.07. The first-order valence-electron chi connectivity index (χ1n) is 3.90. The minimum atomic E-state index is 0.132. The molecule has 0 aromatic rings. The van der Waals surface area contributed by atoms with Crippen LogP contribution in [-0.2, 0) is 14.2 Å². The molecule has 1 aliphatic rings. The van der Waals surface area contributed by atoms with E-state index < -0.39 is 0 Å². The SMILES string of the molecule is NCCCOC[C@H]1COCO1. The van der Waals surface area contributed by atoms with E-state index in [0.29, 0.717) is 26.6 Å². The lowest BCUT2D eigenvalue weighted by molar-refractivity contribution is 0.00510. The summed E-state index contributed by atoms with van der Waals surface area (Å²) in [4.78, 5) is 0. The van der Waals surface area contributed by atoms with Crippen molar-refractivity contribution in [1.29, 1.82) is 0 Å². The van der Waals surface area contributed by atoms with E-state index in [9.17, 15) is 0 Å². The molecule has 0 spiro atoms. The molecule has 0 aliphatic carbocycles. The van der Waals surface area contributed by atoms with Crippen LogP contribution in [0.2, 0.25) is 0 Å². The van der Waals surface area contributed by atoms with Gasteiger partial charge in [-0.15, -0.1) is 0 Å². The van der Waals surface area contributed by atoms with Crippen molar-refractivity contribution >= 4 is 0 Å². The molecule has 2 N–H and O–H groups in total. The van der Waals surface area contributed by atoms with Crippen molar-refractivity contribution in [2.24, 2.45) is 5.73 Å². The number of rotatable bonds is 5. The van der Waals surface area contributed by atoms with Crippen LogP contribution in [0.5, 0.6) is 0 Å². The van der Waals surface area contributed by atoms with Gasteiger partial charge in [0, 0.05) is 6.61 Å². The lowest BCUT2D eigenvalue weighted by atomic mass is 10.4. The van der Waals surface area contributed by atoms with Gasteiger partial charge in [-0.3, -0.25) is 0 Å². The number of hydrogen-bond donors (Lipinski definition) is 1. The van der Waals surface area contributed by atoms with Crippen LogP contribution >= 0.6 is 0 Å². The van der Waals surface area contributed by atoms with Crippen molar-refractivity contribution in [1.82, 2.24) is 0 Å². The first-order chi connectivity index (χ1) is 5.43. The highest BCUT2D eigenvalue weighted by Gasteiger charge is 2.15. The largest absolute Gasteiger partial charge is 0.379 e. The predicted octanol–water partition coefficient (Wildman–Crippen LogP) is -0.275. The first-order valence-corrected chi connectivity index (χ1v) is 3.90. The summed E-state index contributed by atoms with van der Waals surface area (Å²) < 4.78 is 15.4. The van der Waals surface area contributed by atoms with Crippen LogP contribution in [0.4, 0.5) is 0 Å². The Kier molecular flexibility index (Phi) is 4.45. The second kappa shape index (κ2) is 5.49. The zero-order valence-corrected chi connectivity index (χ0v) is 6.62. The summed E-state index contributed by atoms with van der Waals surface area (Å²) in [6.07, 6.45) is 1.04. The van der Waals surface area contributed by atoms with Gasteiger partial charge in [0.2, 0.25) is 0 Å². The molecule has 66 valence electrons. The Morgan fingerprint density at radius 2 is 2.45 bits per heavy atom. The summed E-state index contributed by atoms with van der Waals surface area (Å²) in [5, 5.41) is 0. The molecule has 1 saturated heterocycles. The highest BCUT2D eigenvalue weighted by Crippen LogP contribution is 2.02. The Morgan fingerprint density at radius 3 is 3.09 bits per heavy atom. The third kappa shape index (κ3) is 3.67. The molecule has 1 fully saturated rings. The highest BCUT2D eigenvalue weighted by atomic mass is 16.7. The molecule has 0 unspecified atom stereocenters. The molecule has 0 aromatic carbocycles. The maximum absolute atomic E-state index is 5.29. The summed E-state index contributed by atoms with van der Waals surface area (Å²) in [6.45, 7) is 3.09. The van der Waals surface area contributed by atoms with Crippen LogP contribution in [0, 0.1) is 0 Å². The van der Waals surface area contributed by atoms with Gasteiger partial charge in [-0.05, 0) is 13.0 Å². The van der Waals surface area contributed by atoms with E-state index in [2.05, 4.69) is 0 Å². The minimum Gasteiger partial charge on any atom is -0.379 e. The van der Waals surface area contributed by atoms with Crippen molar-refractivity contribution < 1.29 is 14.2 Å². The van der Waals surface area contributed by atoms with Gasteiger partial charge in [0.25, 0.3) is 0 Å². The summed E-state index contributed by atoms with van der Waals surface area (Å²) in [7, 11) is 0. The Labute approximate surface area is 66.6 Å². The molecule has 0 saturated carbocycles. The van der Waals surface area contributed by atoms with Gasteiger partial charge in [0.15, 0.2) is 0 Å². The highest BCUT2D eigenvalue weighted by molar-refractivity contribution is 4.57. The zero-order valence-electron chi connectivity index (χ0n) is 6.62. The summed E-state index contributed by atoms with van der Waals surface area (Å²) in [6, 6.07) is 0. The lowest BCUT2D eigenvalue weighted by Crippen LogP contribution is -2.18. The standard InChI is InChI=1S/C7H15NO3/c8-2-1-3-9-4-7-5-10-6-11-7/h7H,1-6,8H2/t7-/m0/s1. The van der Waals surface area contributed by atoms with Crippen molar-refractivity contribution in [3.05, 3.63) is 0 Å². The molecule has 4 heteroatoms. The van der Waals surface area contributed by atoms with Gasteiger partial charge >= 0.3 is 0 Å². The van der Waals surface area contributed by atoms with E-state index >= 15 is 0 Å². The normalized spacial score (nSPS) is 24.3. The fourth-order valence-electron chi connectivity index (χ4n) is 0.868. The van der Waals surface area contributed by atoms with Crippen molar-refractivity contribution in [3.63, 3.8) is 0 Å². The molecule has 1 atom stereocenters. The van der Waals surface area contributed by atoms with E-state index in [1.807, 2.05) is 0 Å². The van der Waals surface area contributed by atoms with Crippen LogP contribution in [0.3, 0.4) is 0 Å². The third-order valence-electron chi connectivity index (χ3n) is 1.49. The monoisotopic (exact) mass is 161 g/mol. The first kappa shape index (κ1) is 8.93. The molecule has 0 radical (unpaired) electrons. The zero-order chi connectivity index (χ0) is 7.94. The Hall–Kier alpha value is -0.160. The minimum absolute atomic E-state index is 0.132. The van der Waals surface area contributed by atoms with Gasteiger partial charge in [-0.2, -0.15) is 0 Å². The van der Waals surface area contributed by atoms with Crippen LogP contribution in [0.15, 0.2) is 0 Å². The van der Waals surface area contributed by atoms with E-state index in [1.165, 1.54) is 0 Å². The van der Waals surface area contributed by atoms with E-state index in [4.69, 9.17) is 19.9 Å². The van der Waals surface area contributed by atoms with Gasteiger partial charge < -0.3 is 19.9 Å². The predicted molar refractivity (Wildman–Crippen MR) is 40.2 cm³/mol. The second-order valence-corrected chi connectivity index (χ2v) is 2.49. The van der Waals surface area contributed by atoms with Crippen molar-refractivity contribution in [2.75, 3.05) is 33.2 Å². The maximum Gasteiger partial charge on any atom is 0.147 e. The average molecular weight is 161 g/mol. The van der Waals surface area contributed by atoms with Gasteiger partial charge in [-0.25, -0.2) is 0 Å². The Morgan fingerprint density at radius 1 is 1.55 bits per heavy atom. The summed E-state index contributed by atoms with van der Waals surface area (Å²) in [5.41, 5.74) is 5.29. The van der Waals surface area contributed by atoms with E-state index in [-0.39, 0.29) is 6.10 Å². The van der Waals surface area contributed by atoms with Crippen molar-refractivity contribution in [3.8, 4) is 0 Å². The molecule has 1 heterocycles. The van der Waals surface area contributed by atoms with Gasteiger partial charge in [0.05, 0.1) is 13.2 Å². The fourth-order valence-corrected chi connectivity index (χ4v) is 0.868. The number of nitrogens with two attached hydrogens (primary N) is 1. The van der Waals surface area contributed by atoms with Crippen LogP contribution in [0.1, 0.15) is 6.42 Å². The molecule has 4 nitrogen and oxygen atoms in total. The maximum atomic E-state index is 5.29. The van der Waals surface area contributed by atoms with Crippen molar-refractivity contribution in [2.45, 2.75) is 12.5 Å². The molecular weight excluding hydrogens is 146 g/mol. The van der Waals surface area contributed by atoms with E-state index in [0.717, 1.165) is 13.0 Å². The number of ether oxygens (including phenoxy) is 3. The molecule has 1 aliphatic heterocycles. The Balaban J connectivity index is 1.86. The molecule has 0 bridgehead atoms. The quantitative estimate of drug-likeness (QED) is 0.564. The molecule has 1 rings (SSSR count). The number of hydrogen-bond acceptors (Lipinski definition) is 4. The third-order valence-corrected chi connectivity index (χ3v) is 1.49. The molecule has 0 amide bonds. The van der Waals surface area contributed by atoms with Gasteiger partial charge in [-0.1, -0.05) is 0 Å². The molecule has 11 heavy (non-hydrogen) atoms. The fraction of sp³-hybridized carbons (Fsp3) is 1.00. The molecule has 0 aromatic heterocycles. The Bertz CT molecular complexity index is 93.7. The van der Waals surface area contributed by atoms with Crippen LogP contribution in [-0.4, -0.2) is 39.3 Å². The van der Waals surface area contributed by atoms with Crippen LogP contribution < -0.4 is 5.73 Å². The second-order valence-electron chi connectivity index (χ2n) is 2.49.